The second kappa shape index (κ2) is 5.42. The summed E-state index contributed by atoms with van der Waals surface area (Å²) in [4.78, 5) is 6.47. The van der Waals surface area contributed by atoms with Crippen molar-refractivity contribution < 1.29 is 5.11 Å². The van der Waals surface area contributed by atoms with Crippen molar-refractivity contribution in [1.29, 1.82) is 0 Å². The molecule has 2 atom stereocenters. The molecule has 94 valence electrons. The van der Waals surface area contributed by atoms with Crippen LogP contribution in [0.5, 0.6) is 0 Å². The van der Waals surface area contributed by atoms with Crippen molar-refractivity contribution in [3.63, 3.8) is 0 Å². The van der Waals surface area contributed by atoms with E-state index in [4.69, 9.17) is 23.2 Å². The summed E-state index contributed by atoms with van der Waals surface area (Å²) in [5.41, 5.74) is 0. The number of hydrogen-bond acceptors (Lipinski definition) is 3. The maximum absolute atomic E-state index is 9.49. The number of aromatic nitrogens is 1. The Bertz CT molecular complexity index is 398. The molecule has 0 aliphatic carbocycles. The van der Waals surface area contributed by atoms with Crippen molar-refractivity contribution in [2.75, 3.05) is 11.4 Å². The van der Waals surface area contributed by atoms with E-state index in [-0.39, 0.29) is 6.10 Å². The lowest BCUT2D eigenvalue weighted by molar-refractivity contribution is 0.175. The van der Waals surface area contributed by atoms with Crippen molar-refractivity contribution in [3.8, 4) is 0 Å². The van der Waals surface area contributed by atoms with Crippen molar-refractivity contribution in [2.24, 2.45) is 0 Å². The first-order chi connectivity index (χ1) is 8.08. The van der Waals surface area contributed by atoms with Gasteiger partial charge < -0.3 is 10.0 Å². The lowest BCUT2D eigenvalue weighted by Gasteiger charge is -2.27. The van der Waals surface area contributed by atoms with E-state index in [1.54, 1.807) is 12.3 Å². The highest BCUT2D eigenvalue weighted by Crippen LogP contribution is 2.32. The van der Waals surface area contributed by atoms with Crippen LogP contribution in [0.15, 0.2) is 12.3 Å². The summed E-state index contributed by atoms with van der Waals surface area (Å²) in [5, 5.41) is 10.6. The first-order valence-corrected chi connectivity index (χ1v) is 6.59. The first kappa shape index (κ1) is 12.9. The second-order valence-electron chi connectivity index (χ2n) is 4.53. The van der Waals surface area contributed by atoms with Crippen LogP contribution in [0.25, 0.3) is 0 Å². The molecule has 1 aromatic heterocycles. The fourth-order valence-electron chi connectivity index (χ4n) is 2.37. The van der Waals surface area contributed by atoms with E-state index in [1.807, 2.05) is 6.92 Å². The number of rotatable bonds is 3. The van der Waals surface area contributed by atoms with Gasteiger partial charge in [-0.1, -0.05) is 23.2 Å². The van der Waals surface area contributed by atoms with Gasteiger partial charge in [0, 0.05) is 18.8 Å². The SMILES string of the molecule is C[C@@H](O)C[C@@H]1CCCN1c1ncc(Cl)cc1Cl. The molecule has 2 rings (SSSR count). The van der Waals surface area contributed by atoms with Crippen molar-refractivity contribution in [2.45, 2.75) is 38.3 Å². The third kappa shape index (κ3) is 3.03. The van der Waals surface area contributed by atoms with Crippen molar-refractivity contribution in [1.82, 2.24) is 4.98 Å². The summed E-state index contributed by atoms with van der Waals surface area (Å²) >= 11 is 12.0. The van der Waals surface area contributed by atoms with E-state index in [9.17, 15) is 5.11 Å². The molecule has 2 heterocycles. The zero-order chi connectivity index (χ0) is 12.4. The molecule has 1 aliphatic rings. The minimum absolute atomic E-state index is 0.299. The van der Waals surface area contributed by atoms with Crippen LogP contribution < -0.4 is 4.90 Å². The van der Waals surface area contributed by atoms with E-state index >= 15 is 0 Å². The smallest absolute Gasteiger partial charge is 0.147 e. The molecule has 1 aromatic rings. The van der Waals surface area contributed by atoms with Gasteiger partial charge in [0.05, 0.1) is 16.1 Å². The fourth-order valence-corrected chi connectivity index (χ4v) is 2.86. The van der Waals surface area contributed by atoms with Crippen LogP contribution in [-0.2, 0) is 0 Å². The van der Waals surface area contributed by atoms with Gasteiger partial charge in [-0.05, 0) is 32.3 Å². The van der Waals surface area contributed by atoms with Gasteiger partial charge in [0.1, 0.15) is 5.82 Å². The largest absolute Gasteiger partial charge is 0.393 e. The van der Waals surface area contributed by atoms with Crippen LogP contribution in [0.3, 0.4) is 0 Å². The molecule has 0 radical (unpaired) electrons. The molecule has 1 saturated heterocycles. The number of halogens is 2. The van der Waals surface area contributed by atoms with Crippen LogP contribution in [0.4, 0.5) is 5.82 Å². The maximum atomic E-state index is 9.49. The van der Waals surface area contributed by atoms with Crippen LogP contribution in [-0.4, -0.2) is 28.8 Å². The van der Waals surface area contributed by atoms with Gasteiger partial charge in [0.2, 0.25) is 0 Å². The standard InChI is InChI=1S/C12H16Cl2N2O/c1-8(17)5-10-3-2-4-16(10)12-11(14)6-9(13)7-15-12/h6-8,10,17H,2-5H2,1H3/t8-,10+/m1/s1. The monoisotopic (exact) mass is 274 g/mol. The fraction of sp³-hybridized carbons (Fsp3) is 0.583. The van der Waals surface area contributed by atoms with Gasteiger partial charge in [-0.2, -0.15) is 0 Å². The van der Waals surface area contributed by atoms with Gasteiger partial charge in [-0.15, -0.1) is 0 Å². The Hall–Kier alpha value is -0.510. The van der Waals surface area contributed by atoms with Crippen LogP contribution in [0, 0.1) is 0 Å². The molecule has 1 N–H and O–H groups in total. The minimum atomic E-state index is -0.299. The minimum Gasteiger partial charge on any atom is -0.393 e. The van der Waals surface area contributed by atoms with Gasteiger partial charge in [0.25, 0.3) is 0 Å². The quantitative estimate of drug-likeness (QED) is 0.920. The molecule has 0 aromatic carbocycles. The van der Waals surface area contributed by atoms with Crippen LogP contribution in [0.1, 0.15) is 26.2 Å². The highest BCUT2D eigenvalue weighted by Gasteiger charge is 2.28. The maximum Gasteiger partial charge on any atom is 0.147 e. The highest BCUT2D eigenvalue weighted by molar-refractivity contribution is 6.36. The summed E-state index contributed by atoms with van der Waals surface area (Å²) in [5.74, 6) is 0.777. The van der Waals surface area contributed by atoms with Gasteiger partial charge >= 0.3 is 0 Å². The molecule has 1 fully saturated rings. The molecule has 3 nitrogen and oxygen atoms in total. The van der Waals surface area contributed by atoms with Crippen LogP contribution in [0.2, 0.25) is 10.0 Å². The van der Waals surface area contributed by atoms with Crippen molar-refractivity contribution >= 4 is 29.0 Å². The van der Waals surface area contributed by atoms with Crippen LogP contribution >= 0.6 is 23.2 Å². The Balaban J connectivity index is 2.20. The topological polar surface area (TPSA) is 36.4 Å². The van der Waals surface area contributed by atoms with E-state index in [0.717, 1.165) is 31.6 Å². The molecule has 5 heteroatoms. The zero-order valence-corrected chi connectivity index (χ0v) is 11.2. The molecule has 0 saturated carbocycles. The molecule has 0 unspecified atom stereocenters. The van der Waals surface area contributed by atoms with Gasteiger partial charge in [-0.3, -0.25) is 0 Å². The summed E-state index contributed by atoms with van der Waals surface area (Å²) in [6.45, 7) is 2.75. The summed E-state index contributed by atoms with van der Waals surface area (Å²) in [7, 11) is 0. The lowest BCUT2D eigenvalue weighted by Crippen LogP contribution is -2.32. The third-order valence-electron chi connectivity index (χ3n) is 3.05. The second-order valence-corrected chi connectivity index (χ2v) is 5.38. The number of aliphatic hydroxyl groups excluding tert-OH is 1. The first-order valence-electron chi connectivity index (χ1n) is 5.83. The zero-order valence-electron chi connectivity index (χ0n) is 9.74. The predicted octanol–water partition coefficient (Wildman–Crippen LogP) is 3.13. The lowest BCUT2D eigenvalue weighted by atomic mass is 10.1. The molecule has 17 heavy (non-hydrogen) atoms. The molecular weight excluding hydrogens is 259 g/mol. The molecule has 0 spiro atoms. The average Bonchev–Trinajstić information content (AvgIpc) is 2.65. The number of pyridine rings is 1. The van der Waals surface area contributed by atoms with Gasteiger partial charge in [0.15, 0.2) is 0 Å². The molecule has 1 aliphatic heterocycles. The number of nitrogens with zero attached hydrogens (tertiary/aromatic N) is 2. The number of aliphatic hydroxyl groups is 1. The Kier molecular flexibility index (Phi) is 4.13. The Morgan fingerprint density at radius 2 is 2.35 bits per heavy atom. The molecular formula is C12H16Cl2N2O. The van der Waals surface area contributed by atoms with E-state index < -0.39 is 0 Å². The van der Waals surface area contributed by atoms with Gasteiger partial charge in [-0.25, -0.2) is 4.98 Å². The Labute approximate surface area is 111 Å². The predicted molar refractivity (Wildman–Crippen MR) is 70.9 cm³/mol. The normalized spacial score (nSPS) is 21.9. The third-order valence-corrected chi connectivity index (χ3v) is 3.54. The van der Waals surface area contributed by atoms with E-state index in [0.29, 0.717) is 16.1 Å². The number of anilines is 1. The number of hydrogen-bond donors (Lipinski definition) is 1. The Morgan fingerprint density at radius 1 is 1.59 bits per heavy atom. The summed E-state index contributed by atoms with van der Waals surface area (Å²) in [6.07, 6.45) is 4.25. The average molecular weight is 275 g/mol. The van der Waals surface area contributed by atoms with E-state index in [2.05, 4.69) is 9.88 Å². The molecule has 0 bridgehead atoms. The van der Waals surface area contributed by atoms with Crippen molar-refractivity contribution in [3.05, 3.63) is 22.3 Å². The Morgan fingerprint density at radius 3 is 3.00 bits per heavy atom. The highest BCUT2D eigenvalue weighted by atomic mass is 35.5. The van der Waals surface area contributed by atoms with E-state index in [1.165, 1.54) is 0 Å². The summed E-state index contributed by atoms with van der Waals surface area (Å²) < 4.78 is 0. The molecule has 0 amide bonds. The summed E-state index contributed by atoms with van der Waals surface area (Å²) in [6, 6.07) is 2.03.